The van der Waals surface area contributed by atoms with Crippen molar-refractivity contribution in [3.63, 3.8) is 0 Å². The van der Waals surface area contributed by atoms with Crippen molar-refractivity contribution in [1.82, 2.24) is 14.8 Å². The third-order valence-corrected chi connectivity index (χ3v) is 5.87. The highest BCUT2D eigenvalue weighted by Gasteiger charge is 2.24. The highest BCUT2D eigenvalue weighted by Crippen LogP contribution is 2.23. The van der Waals surface area contributed by atoms with E-state index in [2.05, 4.69) is 47.3 Å². The van der Waals surface area contributed by atoms with Crippen molar-refractivity contribution in [2.24, 2.45) is 5.92 Å². The lowest BCUT2D eigenvalue weighted by atomic mass is 9.93. The molecular weight excluding hydrogens is 374 g/mol. The summed E-state index contributed by atoms with van der Waals surface area (Å²) < 4.78 is 5.60. The van der Waals surface area contributed by atoms with Crippen molar-refractivity contribution in [2.75, 3.05) is 26.7 Å². The number of carbonyl (C=O) groups excluding carboxylic acids is 1. The summed E-state index contributed by atoms with van der Waals surface area (Å²) in [4.78, 5) is 21.1. The van der Waals surface area contributed by atoms with Crippen LogP contribution >= 0.6 is 0 Å². The van der Waals surface area contributed by atoms with Gasteiger partial charge in [0.1, 0.15) is 5.75 Å². The molecule has 0 atom stereocenters. The number of piperidine rings is 1. The fourth-order valence-electron chi connectivity index (χ4n) is 4.06. The zero-order chi connectivity index (χ0) is 20.8. The molecule has 2 heterocycles. The van der Waals surface area contributed by atoms with Gasteiger partial charge in [-0.1, -0.05) is 36.4 Å². The molecule has 3 aromatic rings. The lowest BCUT2D eigenvalue weighted by Crippen LogP contribution is -2.40. The second-order valence-corrected chi connectivity index (χ2v) is 8.17. The standard InChI is InChI=1S/C25H29N3O2/c1-27(19-21-6-3-2-4-7-21)15-11-20-12-16-28(17-13-20)25(29)30-23-10-9-22-8-5-14-26-24(22)18-23/h2-10,14,18,20H,11-13,15-17,19H2,1H3. The topological polar surface area (TPSA) is 45.7 Å². The van der Waals surface area contributed by atoms with Gasteiger partial charge in [0.05, 0.1) is 5.52 Å². The van der Waals surface area contributed by atoms with Crippen molar-refractivity contribution in [3.8, 4) is 5.75 Å². The molecule has 1 aromatic heterocycles. The van der Waals surface area contributed by atoms with Crippen molar-refractivity contribution < 1.29 is 9.53 Å². The molecule has 0 unspecified atom stereocenters. The number of hydrogen-bond acceptors (Lipinski definition) is 4. The van der Waals surface area contributed by atoms with Crippen LogP contribution in [0.4, 0.5) is 4.79 Å². The van der Waals surface area contributed by atoms with E-state index in [1.54, 1.807) is 6.20 Å². The first-order chi connectivity index (χ1) is 14.7. The zero-order valence-electron chi connectivity index (χ0n) is 17.5. The van der Waals surface area contributed by atoms with Gasteiger partial charge < -0.3 is 14.5 Å². The van der Waals surface area contributed by atoms with E-state index in [-0.39, 0.29) is 6.09 Å². The number of rotatable bonds is 6. The van der Waals surface area contributed by atoms with Gasteiger partial charge >= 0.3 is 6.09 Å². The second-order valence-electron chi connectivity index (χ2n) is 8.17. The summed E-state index contributed by atoms with van der Waals surface area (Å²) >= 11 is 0. The SMILES string of the molecule is CN(CCC1CCN(C(=O)Oc2ccc3cccnc3c2)CC1)Cc1ccccc1. The summed E-state index contributed by atoms with van der Waals surface area (Å²) in [7, 11) is 2.18. The van der Waals surface area contributed by atoms with E-state index in [0.29, 0.717) is 11.7 Å². The van der Waals surface area contributed by atoms with E-state index in [1.165, 1.54) is 12.0 Å². The molecule has 2 aromatic carbocycles. The van der Waals surface area contributed by atoms with Gasteiger partial charge in [-0.25, -0.2) is 4.79 Å². The third-order valence-electron chi connectivity index (χ3n) is 5.87. The molecule has 0 aliphatic carbocycles. The quantitative estimate of drug-likeness (QED) is 0.583. The largest absolute Gasteiger partial charge is 0.415 e. The fraction of sp³-hybridized carbons (Fsp3) is 0.360. The number of benzene rings is 2. The molecule has 5 nitrogen and oxygen atoms in total. The first-order valence-electron chi connectivity index (χ1n) is 10.7. The Labute approximate surface area is 178 Å². The summed E-state index contributed by atoms with van der Waals surface area (Å²) in [6.45, 7) is 3.58. The molecule has 30 heavy (non-hydrogen) atoms. The normalized spacial score (nSPS) is 14.9. The molecule has 0 saturated carbocycles. The van der Waals surface area contributed by atoms with Crippen LogP contribution < -0.4 is 4.74 Å². The third kappa shape index (κ3) is 5.36. The number of pyridine rings is 1. The Morgan fingerprint density at radius 1 is 1.10 bits per heavy atom. The number of fused-ring (bicyclic) bond motifs is 1. The summed E-state index contributed by atoms with van der Waals surface area (Å²) in [5, 5.41) is 1.04. The number of aromatic nitrogens is 1. The van der Waals surface area contributed by atoms with Crippen molar-refractivity contribution in [3.05, 3.63) is 72.4 Å². The maximum atomic E-state index is 12.6. The molecule has 156 valence electrons. The number of nitrogens with zero attached hydrogens (tertiary/aromatic N) is 3. The summed E-state index contributed by atoms with van der Waals surface area (Å²) in [6.07, 6.45) is 4.73. The van der Waals surface area contributed by atoms with Crippen LogP contribution in [0.15, 0.2) is 66.9 Å². The predicted octanol–water partition coefficient (Wildman–Crippen LogP) is 4.97. The molecule has 4 rings (SSSR count). The van der Waals surface area contributed by atoms with Crippen LogP contribution in [0.25, 0.3) is 10.9 Å². The summed E-state index contributed by atoms with van der Waals surface area (Å²) in [6, 6.07) is 20.1. The van der Waals surface area contributed by atoms with E-state index in [9.17, 15) is 4.79 Å². The molecule has 0 spiro atoms. The second kappa shape index (κ2) is 9.72. The monoisotopic (exact) mass is 403 g/mol. The Bertz CT molecular complexity index is 968. The average Bonchev–Trinajstić information content (AvgIpc) is 2.78. The molecular formula is C25H29N3O2. The molecule has 1 fully saturated rings. The Kier molecular flexibility index (Phi) is 6.60. The lowest BCUT2D eigenvalue weighted by molar-refractivity contribution is 0.126. The van der Waals surface area contributed by atoms with Gasteiger partial charge in [0.15, 0.2) is 0 Å². The minimum atomic E-state index is -0.259. The van der Waals surface area contributed by atoms with E-state index in [4.69, 9.17) is 4.74 Å². The van der Waals surface area contributed by atoms with Crippen LogP contribution in [0.1, 0.15) is 24.8 Å². The van der Waals surface area contributed by atoms with Crippen LogP contribution in [0.2, 0.25) is 0 Å². The molecule has 1 aliphatic heterocycles. The Morgan fingerprint density at radius 2 is 1.90 bits per heavy atom. The van der Waals surface area contributed by atoms with Gasteiger partial charge in [0.2, 0.25) is 0 Å². The Morgan fingerprint density at radius 3 is 2.70 bits per heavy atom. The van der Waals surface area contributed by atoms with Crippen LogP contribution in [0.5, 0.6) is 5.75 Å². The lowest BCUT2D eigenvalue weighted by Gasteiger charge is -2.32. The maximum Gasteiger partial charge on any atom is 0.415 e. The van der Waals surface area contributed by atoms with E-state index < -0.39 is 0 Å². The molecule has 5 heteroatoms. The summed E-state index contributed by atoms with van der Waals surface area (Å²) in [5.74, 6) is 1.22. The number of ether oxygens (including phenoxy) is 1. The maximum absolute atomic E-state index is 12.6. The highest BCUT2D eigenvalue weighted by molar-refractivity contribution is 5.81. The minimum absolute atomic E-state index is 0.259. The van der Waals surface area contributed by atoms with Gasteiger partial charge in [-0.3, -0.25) is 4.98 Å². The minimum Gasteiger partial charge on any atom is -0.410 e. The molecule has 1 aliphatic rings. The predicted molar refractivity (Wildman–Crippen MR) is 119 cm³/mol. The van der Waals surface area contributed by atoms with Crippen molar-refractivity contribution >= 4 is 17.0 Å². The molecule has 0 N–H and O–H groups in total. The molecule has 0 bridgehead atoms. The Hall–Kier alpha value is -2.92. The summed E-state index contributed by atoms with van der Waals surface area (Å²) in [5.41, 5.74) is 2.18. The van der Waals surface area contributed by atoms with E-state index >= 15 is 0 Å². The van der Waals surface area contributed by atoms with Crippen LogP contribution in [0.3, 0.4) is 0 Å². The zero-order valence-corrected chi connectivity index (χ0v) is 17.5. The van der Waals surface area contributed by atoms with Gasteiger partial charge in [-0.05, 0) is 62.5 Å². The molecule has 1 amide bonds. The highest BCUT2D eigenvalue weighted by atomic mass is 16.6. The smallest absolute Gasteiger partial charge is 0.410 e. The van der Waals surface area contributed by atoms with Crippen LogP contribution in [-0.2, 0) is 6.54 Å². The number of amides is 1. The number of hydrogen-bond donors (Lipinski definition) is 0. The fourth-order valence-corrected chi connectivity index (χ4v) is 4.06. The first kappa shape index (κ1) is 20.4. The number of likely N-dealkylation sites (tertiary alicyclic amines) is 1. The van der Waals surface area contributed by atoms with Crippen LogP contribution in [0, 0.1) is 5.92 Å². The van der Waals surface area contributed by atoms with Gasteiger partial charge in [0.25, 0.3) is 0 Å². The molecule has 1 saturated heterocycles. The molecule has 0 radical (unpaired) electrons. The van der Waals surface area contributed by atoms with E-state index in [0.717, 1.165) is 49.9 Å². The van der Waals surface area contributed by atoms with Gasteiger partial charge in [-0.15, -0.1) is 0 Å². The number of carbonyl (C=O) groups is 1. The van der Waals surface area contributed by atoms with E-state index in [1.807, 2.05) is 35.2 Å². The van der Waals surface area contributed by atoms with Crippen LogP contribution in [-0.4, -0.2) is 47.6 Å². The Balaban J connectivity index is 1.21. The van der Waals surface area contributed by atoms with Crippen molar-refractivity contribution in [2.45, 2.75) is 25.8 Å². The van der Waals surface area contributed by atoms with Gasteiger partial charge in [-0.2, -0.15) is 0 Å². The first-order valence-corrected chi connectivity index (χ1v) is 10.7. The average molecular weight is 404 g/mol. The van der Waals surface area contributed by atoms with Gasteiger partial charge in [0, 0.05) is 37.3 Å². The van der Waals surface area contributed by atoms with Crippen molar-refractivity contribution in [1.29, 1.82) is 0 Å².